The number of carbonyl (C=O) groups excluding carboxylic acids is 1. The van der Waals surface area contributed by atoms with Crippen LogP contribution in [0.2, 0.25) is 4.34 Å². The second-order valence-electron chi connectivity index (χ2n) is 5.71. The van der Waals surface area contributed by atoms with Gasteiger partial charge in [-0.1, -0.05) is 11.6 Å². The van der Waals surface area contributed by atoms with Gasteiger partial charge in [-0.05, 0) is 30.9 Å². The van der Waals surface area contributed by atoms with Crippen LogP contribution < -0.4 is 11.1 Å². The summed E-state index contributed by atoms with van der Waals surface area (Å²) < 4.78 is 0.661. The van der Waals surface area contributed by atoms with Gasteiger partial charge >= 0.3 is 0 Å². The van der Waals surface area contributed by atoms with Crippen LogP contribution in [0.3, 0.4) is 0 Å². The Morgan fingerprint density at radius 2 is 2.38 bits per heavy atom. The molecule has 2 heterocycles. The molecule has 4 N–H and O–H groups in total. The number of rotatable bonds is 5. The van der Waals surface area contributed by atoms with E-state index in [2.05, 4.69) is 15.2 Å². The molecule has 2 rings (SSSR count). The molecule has 24 heavy (non-hydrogen) atoms. The highest BCUT2D eigenvalue weighted by Gasteiger charge is 2.24. The lowest BCUT2D eigenvalue weighted by Crippen LogP contribution is -2.48. The Hall–Kier alpha value is -0.580. The zero-order valence-corrected chi connectivity index (χ0v) is 17.5. The van der Waals surface area contributed by atoms with Crippen LogP contribution in [-0.2, 0) is 4.79 Å². The van der Waals surface area contributed by atoms with E-state index in [1.54, 1.807) is 13.1 Å². The molecule has 9 heteroatoms. The van der Waals surface area contributed by atoms with E-state index in [-0.39, 0.29) is 35.8 Å². The molecule has 1 aromatic rings. The van der Waals surface area contributed by atoms with Crippen LogP contribution in [0.5, 0.6) is 0 Å². The van der Waals surface area contributed by atoms with Gasteiger partial charge in [0, 0.05) is 38.0 Å². The minimum Gasteiger partial charge on any atom is -0.386 e. The van der Waals surface area contributed by atoms with Gasteiger partial charge in [-0.15, -0.1) is 35.3 Å². The molecule has 2 atom stereocenters. The molecule has 1 amide bonds. The van der Waals surface area contributed by atoms with Crippen LogP contribution >= 0.6 is 46.9 Å². The van der Waals surface area contributed by atoms with Crippen LogP contribution in [-0.4, -0.2) is 48.6 Å². The Balaban J connectivity index is 0.00000288. The molecular weight excluding hydrogens is 463 g/mol. The molecular formula is C15H24ClIN4O2S. The van der Waals surface area contributed by atoms with Gasteiger partial charge in [0.05, 0.1) is 4.34 Å². The molecule has 0 aliphatic carbocycles. The van der Waals surface area contributed by atoms with Crippen molar-refractivity contribution >= 4 is 58.8 Å². The number of guanidine groups is 1. The van der Waals surface area contributed by atoms with Gasteiger partial charge in [0.2, 0.25) is 5.91 Å². The predicted octanol–water partition coefficient (Wildman–Crippen LogP) is 2.22. The number of nitrogens with two attached hydrogens (primary N) is 1. The fraction of sp³-hybridized carbons (Fsp3) is 0.600. The first-order chi connectivity index (χ1) is 11.0. The van der Waals surface area contributed by atoms with Crippen LogP contribution in [0.25, 0.3) is 0 Å². The van der Waals surface area contributed by atoms with E-state index in [9.17, 15) is 9.90 Å². The van der Waals surface area contributed by atoms with E-state index in [0.717, 1.165) is 36.8 Å². The first-order valence-electron chi connectivity index (χ1n) is 7.66. The predicted molar refractivity (Wildman–Crippen MR) is 109 cm³/mol. The third kappa shape index (κ3) is 6.38. The van der Waals surface area contributed by atoms with Gasteiger partial charge in [0.25, 0.3) is 0 Å². The molecule has 136 valence electrons. The summed E-state index contributed by atoms with van der Waals surface area (Å²) in [7, 11) is 1.72. The Labute approximate surface area is 168 Å². The topological polar surface area (TPSA) is 91.0 Å². The van der Waals surface area contributed by atoms with E-state index in [1.807, 2.05) is 6.07 Å². The Morgan fingerprint density at radius 3 is 2.96 bits per heavy atom. The minimum absolute atomic E-state index is 0. The lowest BCUT2D eigenvalue weighted by molar-refractivity contribution is -0.119. The summed E-state index contributed by atoms with van der Waals surface area (Å²) in [4.78, 5) is 18.3. The van der Waals surface area contributed by atoms with Crippen molar-refractivity contribution in [2.75, 3.05) is 26.7 Å². The SMILES string of the molecule is CN=C(NCC(O)c1ccc(Cl)s1)N1CCCC(CC(N)=O)C1.I. The molecule has 1 aliphatic rings. The number of piperidine rings is 1. The third-order valence-electron chi connectivity index (χ3n) is 3.90. The quantitative estimate of drug-likeness (QED) is 0.338. The van der Waals surface area contributed by atoms with E-state index in [0.29, 0.717) is 17.3 Å². The van der Waals surface area contributed by atoms with Crippen LogP contribution in [0.4, 0.5) is 0 Å². The molecule has 1 aromatic heterocycles. The summed E-state index contributed by atoms with van der Waals surface area (Å²) >= 11 is 7.26. The number of amides is 1. The highest BCUT2D eigenvalue weighted by Crippen LogP contribution is 2.26. The van der Waals surface area contributed by atoms with E-state index in [4.69, 9.17) is 17.3 Å². The summed E-state index contributed by atoms with van der Waals surface area (Å²) in [5.41, 5.74) is 5.30. The Kier molecular flexibility index (Phi) is 9.32. The van der Waals surface area contributed by atoms with Crippen LogP contribution in [0.1, 0.15) is 30.2 Å². The second-order valence-corrected chi connectivity index (χ2v) is 7.46. The first kappa shape index (κ1) is 21.5. The van der Waals surface area contributed by atoms with Crippen molar-refractivity contribution in [1.82, 2.24) is 10.2 Å². The molecule has 0 bridgehead atoms. The summed E-state index contributed by atoms with van der Waals surface area (Å²) in [5, 5.41) is 13.4. The summed E-state index contributed by atoms with van der Waals surface area (Å²) in [6.45, 7) is 2.00. The number of thiophene rings is 1. The third-order valence-corrected chi connectivity index (χ3v) is 5.23. The highest BCUT2D eigenvalue weighted by atomic mass is 127. The van der Waals surface area contributed by atoms with Crippen LogP contribution in [0, 0.1) is 5.92 Å². The number of carbonyl (C=O) groups is 1. The summed E-state index contributed by atoms with van der Waals surface area (Å²) in [6.07, 6.45) is 1.79. The number of primary amides is 1. The average molecular weight is 487 g/mol. The number of nitrogens with zero attached hydrogens (tertiary/aromatic N) is 2. The van der Waals surface area contributed by atoms with Gasteiger partial charge in [0.15, 0.2) is 5.96 Å². The monoisotopic (exact) mass is 486 g/mol. The van der Waals surface area contributed by atoms with Crippen molar-refractivity contribution in [3.63, 3.8) is 0 Å². The lowest BCUT2D eigenvalue weighted by Gasteiger charge is -2.34. The van der Waals surface area contributed by atoms with Crippen molar-refractivity contribution in [2.24, 2.45) is 16.6 Å². The van der Waals surface area contributed by atoms with Crippen LogP contribution in [0.15, 0.2) is 17.1 Å². The number of aliphatic hydroxyl groups excluding tert-OH is 1. The fourth-order valence-corrected chi connectivity index (χ4v) is 3.88. The zero-order chi connectivity index (χ0) is 16.8. The smallest absolute Gasteiger partial charge is 0.217 e. The average Bonchev–Trinajstić information content (AvgIpc) is 2.94. The Bertz CT molecular complexity index is 569. The van der Waals surface area contributed by atoms with Gasteiger partial charge < -0.3 is 21.1 Å². The molecule has 0 spiro atoms. The maximum absolute atomic E-state index is 11.1. The van der Waals surface area contributed by atoms with E-state index >= 15 is 0 Å². The van der Waals surface area contributed by atoms with Gasteiger partial charge in [-0.3, -0.25) is 9.79 Å². The molecule has 0 aromatic carbocycles. The maximum atomic E-state index is 11.1. The molecule has 6 nitrogen and oxygen atoms in total. The van der Waals surface area contributed by atoms with Gasteiger partial charge in [-0.2, -0.15) is 0 Å². The maximum Gasteiger partial charge on any atom is 0.217 e. The van der Waals surface area contributed by atoms with Crippen molar-refractivity contribution in [2.45, 2.75) is 25.4 Å². The van der Waals surface area contributed by atoms with Gasteiger partial charge in [-0.25, -0.2) is 0 Å². The summed E-state index contributed by atoms with van der Waals surface area (Å²) in [5.74, 6) is 0.742. The second kappa shape index (κ2) is 10.4. The number of hydrogen-bond acceptors (Lipinski definition) is 4. The lowest BCUT2D eigenvalue weighted by atomic mass is 9.95. The largest absolute Gasteiger partial charge is 0.386 e. The standard InChI is InChI=1S/C15H23ClN4O2S.HI/c1-18-15(19-8-11(21)12-4-5-13(16)23-12)20-6-2-3-10(9-20)7-14(17)22;/h4-5,10-11,21H,2-3,6-9H2,1H3,(H2,17,22)(H,18,19);1H. The minimum atomic E-state index is -0.629. The number of aliphatic hydroxyl groups is 1. The fourth-order valence-electron chi connectivity index (χ4n) is 2.84. The normalized spacial score (nSPS) is 19.5. The van der Waals surface area contributed by atoms with Crippen molar-refractivity contribution in [3.05, 3.63) is 21.3 Å². The Morgan fingerprint density at radius 1 is 1.62 bits per heavy atom. The number of hydrogen-bond donors (Lipinski definition) is 3. The summed E-state index contributed by atoms with van der Waals surface area (Å²) in [6, 6.07) is 3.60. The van der Waals surface area contributed by atoms with Crippen molar-refractivity contribution < 1.29 is 9.90 Å². The van der Waals surface area contributed by atoms with E-state index < -0.39 is 6.10 Å². The molecule has 0 saturated carbocycles. The van der Waals surface area contributed by atoms with Crippen molar-refractivity contribution in [1.29, 1.82) is 0 Å². The molecule has 1 fully saturated rings. The number of aliphatic imine (C=N–C) groups is 1. The van der Waals surface area contributed by atoms with E-state index in [1.165, 1.54) is 11.3 Å². The molecule has 1 aliphatic heterocycles. The van der Waals surface area contributed by atoms with Crippen molar-refractivity contribution in [3.8, 4) is 0 Å². The zero-order valence-electron chi connectivity index (χ0n) is 13.6. The molecule has 0 radical (unpaired) electrons. The highest BCUT2D eigenvalue weighted by molar-refractivity contribution is 14.0. The number of halogens is 2. The number of nitrogens with one attached hydrogen (secondary N) is 1. The molecule has 1 saturated heterocycles. The number of likely N-dealkylation sites (tertiary alicyclic amines) is 1. The molecule has 2 unspecified atom stereocenters. The van der Waals surface area contributed by atoms with Gasteiger partial charge in [0.1, 0.15) is 6.10 Å². The first-order valence-corrected chi connectivity index (χ1v) is 8.86.